The van der Waals surface area contributed by atoms with Crippen LogP contribution >= 0.6 is 11.6 Å². The van der Waals surface area contributed by atoms with E-state index in [1.807, 2.05) is 0 Å². The molecule has 0 fully saturated rings. The summed E-state index contributed by atoms with van der Waals surface area (Å²) in [7, 11) is 0. The first-order valence-corrected chi connectivity index (χ1v) is 6.46. The second-order valence-electron chi connectivity index (χ2n) is 4.26. The molecule has 0 bridgehead atoms. The maximum absolute atomic E-state index is 11.8. The predicted molar refractivity (Wildman–Crippen MR) is 76.6 cm³/mol. The van der Waals surface area contributed by atoms with Crippen molar-refractivity contribution in [2.24, 2.45) is 0 Å². The minimum Gasteiger partial charge on any atom is -0.426 e. The first kappa shape index (κ1) is 14.1. The number of rotatable bonds is 4. The zero-order chi connectivity index (χ0) is 14.4. The molecule has 3 nitrogen and oxygen atoms in total. The summed E-state index contributed by atoms with van der Waals surface area (Å²) < 4.78 is 5.23. The Labute approximate surface area is 122 Å². The second kappa shape index (κ2) is 6.74. The molecule has 0 saturated carbocycles. The first-order chi connectivity index (χ1) is 9.67. The quantitative estimate of drug-likeness (QED) is 0.637. The molecule has 0 aliphatic heterocycles. The van der Waals surface area contributed by atoms with Gasteiger partial charge in [0, 0.05) is 5.02 Å². The van der Waals surface area contributed by atoms with Crippen LogP contribution < -0.4 is 4.74 Å². The van der Waals surface area contributed by atoms with Gasteiger partial charge in [-0.1, -0.05) is 35.9 Å². The van der Waals surface area contributed by atoms with Gasteiger partial charge in [0.15, 0.2) is 0 Å². The van der Waals surface area contributed by atoms with Crippen LogP contribution in [0.1, 0.15) is 11.1 Å². The summed E-state index contributed by atoms with van der Waals surface area (Å²) in [5.74, 6) is 0.144. The van der Waals surface area contributed by atoms with Crippen molar-refractivity contribution < 1.29 is 9.53 Å². The summed E-state index contributed by atoms with van der Waals surface area (Å²) in [6.07, 6.45) is 0.538. The van der Waals surface area contributed by atoms with E-state index in [1.54, 1.807) is 48.5 Å². The van der Waals surface area contributed by atoms with Gasteiger partial charge in [-0.15, -0.1) is 0 Å². The highest BCUT2D eigenvalue weighted by Gasteiger charge is 2.06. The fourth-order valence-corrected chi connectivity index (χ4v) is 1.83. The van der Waals surface area contributed by atoms with E-state index in [0.29, 0.717) is 17.2 Å². The lowest BCUT2D eigenvalue weighted by Gasteiger charge is -2.05. The summed E-state index contributed by atoms with van der Waals surface area (Å²) in [5, 5.41) is 9.21. The monoisotopic (exact) mass is 285 g/mol. The Bertz CT molecular complexity index is 627. The van der Waals surface area contributed by atoms with Crippen molar-refractivity contribution in [1.29, 1.82) is 5.26 Å². The molecule has 0 unspecified atom stereocenters. The van der Waals surface area contributed by atoms with Crippen molar-refractivity contribution in [2.45, 2.75) is 12.8 Å². The lowest BCUT2D eigenvalue weighted by atomic mass is 10.1. The summed E-state index contributed by atoms with van der Waals surface area (Å²) in [4.78, 5) is 11.8. The third kappa shape index (κ3) is 4.11. The third-order valence-corrected chi connectivity index (χ3v) is 2.95. The molecular formula is C16H12ClNO2. The molecule has 0 aromatic heterocycles. The van der Waals surface area contributed by atoms with Crippen LogP contribution in [-0.4, -0.2) is 5.97 Å². The van der Waals surface area contributed by atoms with E-state index in [0.717, 1.165) is 11.1 Å². The maximum atomic E-state index is 11.8. The SMILES string of the molecule is N#CCc1ccc(OC(=O)Cc2ccc(Cl)cc2)cc1. The number of nitriles is 1. The van der Waals surface area contributed by atoms with Crippen molar-refractivity contribution in [2.75, 3.05) is 0 Å². The van der Waals surface area contributed by atoms with Crippen molar-refractivity contribution in [1.82, 2.24) is 0 Å². The fraction of sp³-hybridized carbons (Fsp3) is 0.125. The van der Waals surface area contributed by atoms with Crippen LogP contribution in [0, 0.1) is 11.3 Å². The Kier molecular flexibility index (Phi) is 4.75. The van der Waals surface area contributed by atoms with Crippen LogP contribution in [0.5, 0.6) is 5.75 Å². The van der Waals surface area contributed by atoms with Crippen LogP contribution in [0.15, 0.2) is 48.5 Å². The normalized spacial score (nSPS) is 9.80. The van der Waals surface area contributed by atoms with Crippen LogP contribution in [0.25, 0.3) is 0 Å². The number of hydrogen-bond donors (Lipinski definition) is 0. The molecule has 2 rings (SSSR count). The largest absolute Gasteiger partial charge is 0.426 e. The Hall–Kier alpha value is -2.31. The van der Waals surface area contributed by atoms with Gasteiger partial charge in [-0.25, -0.2) is 0 Å². The van der Waals surface area contributed by atoms with Crippen molar-refractivity contribution in [3.63, 3.8) is 0 Å². The summed E-state index contributed by atoms with van der Waals surface area (Å²) >= 11 is 5.78. The molecular weight excluding hydrogens is 274 g/mol. The van der Waals surface area contributed by atoms with E-state index < -0.39 is 0 Å². The van der Waals surface area contributed by atoms with Gasteiger partial charge in [-0.05, 0) is 35.4 Å². The molecule has 2 aromatic carbocycles. The lowest BCUT2D eigenvalue weighted by Crippen LogP contribution is -2.11. The molecule has 0 heterocycles. The maximum Gasteiger partial charge on any atom is 0.315 e. The van der Waals surface area contributed by atoms with Gasteiger partial charge in [-0.2, -0.15) is 5.26 Å². The second-order valence-corrected chi connectivity index (χ2v) is 4.69. The number of esters is 1. The van der Waals surface area contributed by atoms with E-state index in [9.17, 15) is 4.79 Å². The first-order valence-electron chi connectivity index (χ1n) is 6.08. The van der Waals surface area contributed by atoms with Gasteiger partial charge in [0.2, 0.25) is 0 Å². The molecule has 0 spiro atoms. The highest BCUT2D eigenvalue weighted by atomic mass is 35.5. The van der Waals surface area contributed by atoms with Crippen molar-refractivity contribution >= 4 is 17.6 Å². The van der Waals surface area contributed by atoms with Gasteiger partial charge < -0.3 is 4.74 Å². The molecule has 0 saturated heterocycles. The zero-order valence-corrected chi connectivity index (χ0v) is 11.4. The molecule has 100 valence electrons. The summed E-state index contributed by atoms with van der Waals surface area (Å²) in [6.45, 7) is 0. The molecule has 20 heavy (non-hydrogen) atoms. The van der Waals surface area contributed by atoms with E-state index in [-0.39, 0.29) is 12.4 Å². The third-order valence-electron chi connectivity index (χ3n) is 2.70. The van der Waals surface area contributed by atoms with Crippen LogP contribution in [0.3, 0.4) is 0 Å². The van der Waals surface area contributed by atoms with E-state index in [1.165, 1.54) is 0 Å². The molecule has 0 atom stereocenters. The number of nitrogens with zero attached hydrogens (tertiary/aromatic N) is 1. The highest BCUT2D eigenvalue weighted by molar-refractivity contribution is 6.30. The zero-order valence-electron chi connectivity index (χ0n) is 10.7. The molecule has 0 aliphatic carbocycles. The van der Waals surface area contributed by atoms with Crippen LogP contribution in [0.2, 0.25) is 5.02 Å². The molecule has 0 N–H and O–H groups in total. The molecule has 0 radical (unpaired) electrons. The van der Waals surface area contributed by atoms with Gasteiger partial charge >= 0.3 is 5.97 Å². The number of carbonyl (C=O) groups excluding carboxylic acids is 1. The molecule has 0 amide bonds. The van der Waals surface area contributed by atoms with Crippen molar-refractivity contribution in [3.8, 4) is 11.8 Å². The number of carbonyl (C=O) groups is 1. The van der Waals surface area contributed by atoms with Gasteiger partial charge in [-0.3, -0.25) is 4.79 Å². The van der Waals surface area contributed by atoms with E-state index >= 15 is 0 Å². The smallest absolute Gasteiger partial charge is 0.315 e. The van der Waals surface area contributed by atoms with E-state index in [4.69, 9.17) is 21.6 Å². The minimum absolute atomic E-state index is 0.192. The Morgan fingerprint density at radius 2 is 1.65 bits per heavy atom. The van der Waals surface area contributed by atoms with Gasteiger partial charge in [0.05, 0.1) is 18.9 Å². The number of benzene rings is 2. The highest BCUT2D eigenvalue weighted by Crippen LogP contribution is 2.14. The average Bonchev–Trinajstić information content (AvgIpc) is 2.44. The fourth-order valence-electron chi connectivity index (χ4n) is 1.70. The Morgan fingerprint density at radius 3 is 2.25 bits per heavy atom. The molecule has 2 aromatic rings. The topological polar surface area (TPSA) is 50.1 Å². The van der Waals surface area contributed by atoms with E-state index in [2.05, 4.69) is 6.07 Å². The Morgan fingerprint density at radius 1 is 1.05 bits per heavy atom. The van der Waals surface area contributed by atoms with Crippen LogP contribution in [-0.2, 0) is 17.6 Å². The van der Waals surface area contributed by atoms with Gasteiger partial charge in [0.25, 0.3) is 0 Å². The molecule has 0 aliphatic rings. The van der Waals surface area contributed by atoms with Crippen LogP contribution in [0.4, 0.5) is 0 Å². The molecule has 4 heteroatoms. The van der Waals surface area contributed by atoms with Gasteiger partial charge in [0.1, 0.15) is 5.75 Å². The Balaban J connectivity index is 1.94. The summed E-state index contributed by atoms with van der Waals surface area (Å²) in [6, 6.07) is 16.0. The average molecular weight is 286 g/mol. The summed E-state index contributed by atoms with van der Waals surface area (Å²) in [5.41, 5.74) is 1.74. The minimum atomic E-state index is -0.333. The standard InChI is InChI=1S/C16H12ClNO2/c17-14-5-1-13(2-6-14)11-16(19)20-15-7-3-12(4-8-15)9-10-18/h1-8H,9,11H2. The number of halogens is 1. The number of hydrogen-bond acceptors (Lipinski definition) is 3. The predicted octanol–water partition coefficient (Wildman–Crippen LogP) is 3.55. The lowest BCUT2D eigenvalue weighted by molar-refractivity contribution is -0.133. The van der Waals surface area contributed by atoms with Crippen molar-refractivity contribution in [3.05, 3.63) is 64.7 Å². The number of ether oxygens (including phenoxy) is 1.